The SMILES string of the molecule is COc1nc2c(c(N3CCCn4nc(C(=O)N(C)C)c(Cl)c4C3)n1)COC(c1c(F)c(N)cc(Cl)c1Cl)C2. The van der Waals surface area contributed by atoms with Crippen LogP contribution in [-0.2, 0) is 30.9 Å². The van der Waals surface area contributed by atoms with Crippen molar-refractivity contribution in [3.05, 3.63) is 55.2 Å². The van der Waals surface area contributed by atoms with E-state index in [0.29, 0.717) is 41.9 Å². The van der Waals surface area contributed by atoms with Crippen LogP contribution in [0.4, 0.5) is 15.9 Å². The molecule has 0 radical (unpaired) electrons. The van der Waals surface area contributed by atoms with Crippen molar-refractivity contribution in [2.75, 3.05) is 38.4 Å². The summed E-state index contributed by atoms with van der Waals surface area (Å²) in [5.74, 6) is -0.337. The topological polar surface area (TPSA) is 112 Å². The number of aryl methyl sites for hydroxylation is 1. The molecule has 38 heavy (non-hydrogen) atoms. The zero-order valence-corrected chi connectivity index (χ0v) is 23.2. The molecule has 2 aromatic heterocycles. The highest BCUT2D eigenvalue weighted by Crippen LogP contribution is 2.42. The van der Waals surface area contributed by atoms with Crippen molar-refractivity contribution in [1.82, 2.24) is 24.6 Å². The number of hydrogen-bond acceptors (Lipinski definition) is 8. The van der Waals surface area contributed by atoms with Crippen LogP contribution in [0.3, 0.4) is 0 Å². The minimum absolute atomic E-state index is 0.0477. The lowest BCUT2D eigenvalue weighted by atomic mass is 9.98. The maximum Gasteiger partial charge on any atom is 0.318 e. The van der Waals surface area contributed by atoms with Crippen LogP contribution in [0.15, 0.2) is 6.07 Å². The predicted octanol–water partition coefficient (Wildman–Crippen LogP) is 4.29. The molecule has 5 rings (SSSR count). The quantitative estimate of drug-likeness (QED) is 0.357. The number of aromatic nitrogens is 4. The molecule has 202 valence electrons. The minimum atomic E-state index is -0.761. The molecule has 0 aliphatic carbocycles. The van der Waals surface area contributed by atoms with Crippen LogP contribution >= 0.6 is 34.8 Å². The highest BCUT2D eigenvalue weighted by Gasteiger charge is 2.33. The monoisotopic (exact) mass is 583 g/mol. The molecule has 1 atom stereocenters. The summed E-state index contributed by atoms with van der Waals surface area (Å²) in [6.45, 7) is 1.67. The summed E-state index contributed by atoms with van der Waals surface area (Å²) in [5.41, 5.74) is 8.05. The van der Waals surface area contributed by atoms with Crippen LogP contribution in [0.25, 0.3) is 0 Å². The van der Waals surface area contributed by atoms with E-state index in [1.165, 1.54) is 18.1 Å². The number of nitrogen functional groups attached to an aromatic ring is 1. The molecule has 4 heterocycles. The van der Waals surface area contributed by atoms with Crippen molar-refractivity contribution in [2.45, 2.75) is 38.6 Å². The van der Waals surface area contributed by atoms with Crippen molar-refractivity contribution in [2.24, 2.45) is 0 Å². The second kappa shape index (κ2) is 10.4. The molecule has 2 aliphatic heterocycles. The Morgan fingerprint density at radius 3 is 2.71 bits per heavy atom. The Labute approximate surface area is 233 Å². The number of nitrogens with zero attached hydrogens (tertiary/aromatic N) is 6. The van der Waals surface area contributed by atoms with Crippen LogP contribution in [0, 0.1) is 5.82 Å². The summed E-state index contributed by atoms with van der Waals surface area (Å²) in [6.07, 6.45) is 0.169. The number of hydrogen-bond donors (Lipinski definition) is 1. The molecule has 0 saturated carbocycles. The summed E-state index contributed by atoms with van der Waals surface area (Å²) in [7, 11) is 4.78. The van der Waals surface area contributed by atoms with Crippen LogP contribution in [0.1, 0.15) is 45.5 Å². The average Bonchev–Trinajstić information content (AvgIpc) is 3.06. The fraction of sp³-hybridized carbons (Fsp3) is 0.417. The van der Waals surface area contributed by atoms with Crippen molar-refractivity contribution in [1.29, 1.82) is 0 Å². The second-order valence-electron chi connectivity index (χ2n) is 9.26. The molecule has 2 aliphatic rings. The van der Waals surface area contributed by atoms with Gasteiger partial charge < -0.3 is 25.0 Å². The number of halogens is 4. The van der Waals surface area contributed by atoms with E-state index in [4.69, 9.17) is 50.0 Å². The lowest BCUT2D eigenvalue weighted by Crippen LogP contribution is -2.29. The van der Waals surface area contributed by atoms with E-state index >= 15 is 0 Å². The van der Waals surface area contributed by atoms with Gasteiger partial charge in [0.2, 0.25) is 0 Å². The molecule has 0 bridgehead atoms. The summed E-state index contributed by atoms with van der Waals surface area (Å²) < 4.78 is 28.2. The fourth-order valence-electron chi connectivity index (χ4n) is 4.71. The molecule has 2 N–H and O–H groups in total. The molecular formula is C24H25Cl3FN7O3. The second-order valence-corrected chi connectivity index (χ2v) is 10.4. The van der Waals surface area contributed by atoms with Gasteiger partial charge in [-0.25, -0.2) is 4.39 Å². The lowest BCUT2D eigenvalue weighted by molar-refractivity contribution is 0.0237. The lowest BCUT2D eigenvalue weighted by Gasteiger charge is -2.31. The normalized spacial score (nSPS) is 17.0. The average molecular weight is 585 g/mol. The van der Waals surface area contributed by atoms with E-state index in [0.717, 1.165) is 12.0 Å². The molecule has 3 aromatic rings. The van der Waals surface area contributed by atoms with Gasteiger partial charge in [0.25, 0.3) is 5.91 Å². The minimum Gasteiger partial charge on any atom is -0.467 e. The number of carbonyl (C=O) groups is 1. The smallest absolute Gasteiger partial charge is 0.318 e. The van der Waals surface area contributed by atoms with Crippen molar-refractivity contribution < 1.29 is 18.7 Å². The van der Waals surface area contributed by atoms with Crippen LogP contribution in [0.2, 0.25) is 15.1 Å². The number of fused-ring (bicyclic) bond motifs is 2. The van der Waals surface area contributed by atoms with Crippen molar-refractivity contribution >= 4 is 52.2 Å². The first kappa shape index (κ1) is 26.7. The number of nitrogens with two attached hydrogens (primary N) is 1. The highest BCUT2D eigenvalue weighted by atomic mass is 35.5. The largest absolute Gasteiger partial charge is 0.467 e. The first-order valence-electron chi connectivity index (χ1n) is 11.8. The summed E-state index contributed by atoms with van der Waals surface area (Å²) in [6, 6.07) is 1.43. The Morgan fingerprint density at radius 2 is 2.00 bits per heavy atom. The molecule has 0 saturated heterocycles. The number of anilines is 2. The molecule has 10 nitrogen and oxygen atoms in total. The molecule has 1 amide bonds. The molecule has 14 heteroatoms. The Balaban J connectivity index is 1.52. The standard InChI is InChI=1S/C24H25Cl3FN7O3/c1-33(2)23(36)21-19(27)15-9-34(5-4-6-35(15)32-21)22-11-10-38-16(8-14(11)30-24(31-22)37-3)17-18(26)12(25)7-13(29)20(17)28/h7,16H,4-6,8-10,29H2,1-3H3. The third-order valence-corrected chi connectivity index (χ3v) is 7.82. The van der Waals surface area contributed by atoms with Crippen LogP contribution < -0.4 is 15.4 Å². The van der Waals surface area contributed by atoms with Crippen molar-refractivity contribution in [3.63, 3.8) is 0 Å². The van der Waals surface area contributed by atoms with Gasteiger partial charge in [-0.2, -0.15) is 15.1 Å². The Morgan fingerprint density at radius 1 is 1.24 bits per heavy atom. The number of amides is 1. The molecule has 1 unspecified atom stereocenters. The van der Waals surface area contributed by atoms with E-state index in [-0.39, 0.29) is 51.9 Å². The first-order chi connectivity index (χ1) is 18.1. The first-order valence-corrected chi connectivity index (χ1v) is 12.9. The summed E-state index contributed by atoms with van der Waals surface area (Å²) >= 11 is 19.2. The molecular weight excluding hydrogens is 560 g/mol. The Bertz CT molecular complexity index is 1410. The molecule has 1 aromatic carbocycles. The summed E-state index contributed by atoms with van der Waals surface area (Å²) in [5, 5.41) is 4.97. The van der Waals surface area contributed by atoms with Crippen molar-refractivity contribution in [3.8, 4) is 6.01 Å². The van der Waals surface area contributed by atoms with E-state index in [2.05, 4.69) is 15.1 Å². The Hall–Kier alpha value is -2.86. The maximum absolute atomic E-state index is 15.0. The number of rotatable bonds is 4. The predicted molar refractivity (Wildman–Crippen MR) is 142 cm³/mol. The van der Waals surface area contributed by atoms with Gasteiger partial charge in [0.15, 0.2) is 11.5 Å². The van der Waals surface area contributed by atoms with Gasteiger partial charge in [-0.15, -0.1) is 0 Å². The van der Waals surface area contributed by atoms with E-state index in [9.17, 15) is 9.18 Å². The van der Waals surface area contributed by atoms with E-state index in [1.807, 2.05) is 4.90 Å². The number of carbonyl (C=O) groups excluding carboxylic acids is 1. The van der Waals surface area contributed by atoms with E-state index < -0.39 is 11.9 Å². The van der Waals surface area contributed by atoms with Gasteiger partial charge in [-0.3, -0.25) is 9.48 Å². The zero-order valence-electron chi connectivity index (χ0n) is 20.9. The van der Waals surface area contributed by atoms with Gasteiger partial charge in [0.05, 0.1) is 58.5 Å². The van der Waals surface area contributed by atoms with Gasteiger partial charge in [0, 0.05) is 44.7 Å². The number of ether oxygens (including phenoxy) is 2. The van der Waals surface area contributed by atoms with Gasteiger partial charge in [0.1, 0.15) is 5.82 Å². The molecule has 0 spiro atoms. The van der Waals surface area contributed by atoms with Crippen LogP contribution in [0.5, 0.6) is 6.01 Å². The number of methoxy groups -OCH3 is 1. The van der Waals surface area contributed by atoms with Gasteiger partial charge >= 0.3 is 6.01 Å². The Kier molecular flexibility index (Phi) is 7.29. The van der Waals surface area contributed by atoms with E-state index in [1.54, 1.807) is 18.8 Å². The number of benzene rings is 1. The maximum atomic E-state index is 15.0. The fourth-order valence-corrected chi connectivity index (χ4v) is 5.46. The van der Waals surface area contributed by atoms with Crippen LogP contribution in [-0.4, -0.2) is 58.3 Å². The van der Waals surface area contributed by atoms with Gasteiger partial charge in [-0.05, 0) is 12.5 Å². The zero-order chi connectivity index (χ0) is 27.3. The molecule has 0 fully saturated rings. The third kappa shape index (κ3) is 4.61. The highest BCUT2D eigenvalue weighted by molar-refractivity contribution is 6.42. The summed E-state index contributed by atoms with van der Waals surface area (Å²) in [4.78, 5) is 25.2. The van der Waals surface area contributed by atoms with Gasteiger partial charge in [-0.1, -0.05) is 34.8 Å². The third-order valence-electron chi connectivity index (χ3n) is 6.62.